The standard InChI is InChI=1S/C33H30N4O4/c1-23-28-20-27(26-16-18-36(19-17-26)33(38)39)12-13-29(28)37(35-23)30-14-15-31(40-21-24-8-4-2-5-9-24)34-32(30)41-22-25-10-6-3-7-11-25/h2-16,20H,17-19,21-22H2,1H3,(H,38,39). The van der Waals surface area contributed by atoms with Gasteiger partial charge in [-0.15, -0.1) is 0 Å². The van der Waals surface area contributed by atoms with E-state index in [1.807, 2.05) is 90.5 Å². The first-order valence-electron chi connectivity index (χ1n) is 13.6. The number of hydrogen-bond donors (Lipinski definition) is 1. The van der Waals surface area contributed by atoms with Gasteiger partial charge in [0.25, 0.3) is 0 Å². The van der Waals surface area contributed by atoms with Gasteiger partial charge in [0.05, 0.1) is 11.2 Å². The van der Waals surface area contributed by atoms with Gasteiger partial charge in [0, 0.05) is 24.5 Å². The molecule has 0 aliphatic carbocycles. The van der Waals surface area contributed by atoms with Crippen molar-refractivity contribution in [3.63, 3.8) is 0 Å². The lowest BCUT2D eigenvalue weighted by atomic mass is 9.98. The van der Waals surface area contributed by atoms with Crippen molar-refractivity contribution in [1.82, 2.24) is 19.7 Å². The van der Waals surface area contributed by atoms with Gasteiger partial charge in [0.1, 0.15) is 18.9 Å². The predicted octanol–water partition coefficient (Wildman–Crippen LogP) is 6.65. The van der Waals surface area contributed by atoms with Crippen molar-refractivity contribution in [2.75, 3.05) is 13.1 Å². The van der Waals surface area contributed by atoms with Crippen LogP contribution in [0.1, 0.15) is 28.8 Å². The molecule has 3 aromatic carbocycles. The first-order valence-corrected chi connectivity index (χ1v) is 13.6. The molecule has 206 valence electrons. The molecule has 1 N–H and O–H groups in total. The van der Waals surface area contributed by atoms with Crippen molar-refractivity contribution < 1.29 is 19.4 Å². The number of benzene rings is 3. The molecule has 8 nitrogen and oxygen atoms in total. The highest BCUT2D eigenvalue weighted by Gasteiger charge is 2.20. The normalized spacial score (nSPS) is 13.2. The monoisotopic (exact) mass is 546 g/mol. The molecule has 3 heterocycles. The van der Waals surface area contributed by atoms with Gasteiger partial charge >= 0.3 is 6.09 Å². The van der Waals surface area contributed by atoms with E-state index in [1.165, 1.54) is 4.90 Å². The number of ether oxygens (including phenoxy) is 2. The first-order chi connectivity index (χ1) is 20.0. The molecular formula is C33H30N4O4. The Labute approximate surface area is 238 Å². The Balaban J connectivity index is 1.32. The van der Waals surface area contributed by atoms with Crippen molar-refractivity contribution in [2.24, 2.45) is 0 Å². The number of amides is 1. The molecule has 0 saturated heterocycles. The van der Waals surface area contributed by atoms with Crippen LogP contribution < -0.4 is 9.47 Å². The van der Waals surface area contributed by atoms with Crippen molar-refractivity contribution in [1.29, 1.82) is 0 Å². The van der Waals surface area contributed by atoms with E-state index in [9.17, 15) is 9.90 Å². The average molecular weight is 547 g/mol. The summed E-state index contributed by atoms with van der Waals surface area (Å²) in [4.78, 5) is 17.5. The lowest BCUT2D eigenvalue weighted by molar-refractivity contribution is 0.150. The molecule has 6 rings (SSSR count). The van der Waals surface area contributed by atoms with Crippen molar-refractivity contribution in [3.05, 3.63) is 119 Å². The van der Waals surface area contributed by atoms with E-state index in [2.05, 4.69) is 18.2 Å². The minimum atomic E-state index is -0.886. The zero-order chi connectivity index (χ0) is 28.2. The summed E-state index contributed by atoms with van der Waals surface area (Å²) in [5.41, 5.74) is 6.83. The van der Waals surface area contributed by atoms with Gasteiger partial charge in [-0.1, -0.05) is 72.8 Å². The van der Waals surface area contributed by atoms with Crippen molar-refractivity contribution >= 4 is 22.6 Å². The topological polar surface area (TPSA) is 89.7 Å². The quantitative estimate of drug-likeness (QED) is 0.234. The first kappa shape index (κ1) is 26.1. The minimum absolute atomic E-state index is 0.354. The summed E-state index contributed by atoms with van der Waals surface area (Å²) in [6.45, 7) is 3.63. The van der Waals surface area contributed by atoms with E-state index in [-0.39, 0.29) is 0 Å². The molecule has 0 fully saturated rings. The maximum Gasteiger partial charge on any atom is 0.407 e. The molecule has 8 heteroatoms. The average Bonchev–Trinajstić information content (AvgIpc) is 3.35. The Morgan fingerprint density at radius 2 is 1.61 bits per heavy atom. The fraction of sp³-hybridized carbons (Fsp3) is 0.182. The Hall–Kier alpha value is -5.11. The lowest BCUT2D eigenvalue weighted by Gasteiger charge is -2.23. The molecule has 1 aliphatic heterocycles. The predicted molar refractivity (Wildman–Crippen MR) is 157 cm³/mol. The molecule has 1 aliphatic rings. The number of carboxylic acid groups (broad SMARTS) is 1. The fourth-order valence-corrected chi connectivity index (χ4v) is 4.98. The third-order valence-corrected chi connectivity index (χ3v) is 7.21. The van der Waals surface area contributed by atoms with Crippen LogP contribution in [0.25, 0.3) is 22.2 Å². The molecule has 0 saturated carbocycles. The third kappa shape index (κ3) is 5.77. The largest absolute Gasteiger partial charge is 0.473 e. The van der Waals surface area contributed by atoms with E-state index in [0.29, 0.717) is 50.2 Å². The summed E-state index contributed by atoms with van der Waals surface area (Å²) in [6, 6.07) is 30.0. The summed E-state index contributed by atoms with van der Waals surface area (Å²) in [5, 5.41) is 15.2. The van der Waals surface area contributed by atoms with Gasteiger partial charge < -0.3 is 19.5 Å². The molecule has 0 spiro atoms. The molecule has 5 aromatic rings. The van der Waals surface area contributed by atoms with E-state index < -0.39 is 6.09 Å². The van der Waals surface area contributed by atoms with Gasteiger partial charge in [-0.3, -0.25) is 0 Å². The second-order valence-electron chi connectivity index (χ2n) is 9.96. The number of aromatic nitrogens is 3. The lowest BCUT2D eigenvalue weighted by Crippen LogP contribution is -2.33. The number of nitrogens with zero attached hydrogens (tertiary/aromatic N) is 4. The minimum Gasteiger partial charge on any atom is -0.473 e. The molecule has 0 unspecified atom stereocenters. The SMILES string of the molecule is Cc1nn(-c2ccc(OCc3ccccc3)nc2OCc2ccccc2)c2ccc(C3=CCN(C(=O)O)CC3)cc12. The number of carbonyl (C=O) groups is 1. The van der Waals surface area contributed by atoms with E-state index in [4.69, 9.17) is 19.6 Å². The van der Waals surface area contributed by atoms with Gasteiger partial charge in [0.2, 0.25) is 11.8 Å². The smallest absolute Gasteiger partial charge is 0.407 e. The van der Waals surface area contributed by atoms with Gasteiger partial charge in [-0.2, -0.15) is 10.1 Å². The molecule has 1 amide bonds. The fourth-order valence-electron chi connectivity index (χ4n) is 4.98. The maximum absolute atomic E-state index is 11.3. The molecular weight excluding hydrogens is 516 g/mol. The number of fused-ring (bicyclic) bond motifs is 1. The molecule has 2 aromatic heterocycles. The summed E-state index contributed by atoms with van der Waals surface area (Å²) >= 11 is 0. The summed E-state index contributed by atoms with van der Waals surface area (Å²) in [7, 11) is 0. The van der Waals surface area contributed by atoms with Gasteiger partial charge in [-0.25, -0.2) is 9.48 Å². The second kappa shape index (κ2) is 11.6. The number of pyridine rings is 1. The van der Waals surface area contributed by atoms with Crippen LogP contribution in [0.4, 0.5) is 4.79 Å². The van der Waals surface area contributed by atoms with Crippen LogP contribution in [0.5, 0.6) is 11.8 Å². The van der Waals surface area contributed by atoms with Crippen LogP contribution in [-0.2, 0) is 13.2 Å². The van der Waals surface area contributed by atoms with Crippen LogP contribution in [0.2, 0.25) is 0 Å². The Morgan fingerprint density at radius 1 is 0.902 bits per heavy atom. The molecule has 0 radical (unpaired) electrons. The third-order valence-electron chi connectivity index (χ3n) is 7.21. The molecule has 0 atom stereocenters. The Bertz CT molecular complexity index is 1710. The zero-order valence-corrected chi connectivity index (χ0v) is 22.7. The summed E-state index contributed by atoms with van der Waals surface area (Å²) in [5.74, 6) is 0.896. The van der Waals surface area contributed by atoms with Crippen LogP contribution in [0.15, 0.2) is 97.1 Å². The van der Waals surface area contributed by atoms with Crippen LogP contribution in [-0.4, -0.2) is 44.0 Å². The second-order valence-corrected chi connectivity index (χ2v) is 9.96. The molecule has 41 heavy (non-hydrogen) atoms. The highest BCUT2D eigenvalue weighted by Crippen LogP contribution is 2.32. The highest BCUT2D eigenvalue weighted by atomic mass is 16.5. The highest BCUT2D eigenvalue weighted by molar-refractivity contribution is 5.87. The van der Waals surface area contributed by atoms with E-state index in [1.54, 1.807) is 0 Å². The number of aryl methyl sites for hydroxylation is 1. The van der Waals surface area contributed by atoms with Crippen LogP contribution in [0.3, 0.4) is 0 Å². The van der Waals surface area contributed by atoms with Gasteiger partial charge in [-0.05, 0) is 53.8 Å². The molecule has 0 bridgehead atoms. The van der Waals surface area contributed by atoms with Crippen molar-refractivity contribution in [2.45, 2.75) is 26.6 Å². The van der Waals surface area contributed by atoms with Crippen LogP contribution >= 0.6 is 0 Å². The Kier molecular flexibility index (Phi) is 7.36. The van der Waals surface area contributed by atoms with Crippen molar-refractivity contribution in [3.8, 4) is 17.4 Å². The number of hydrogen-bond acceptors (Lipinski definition) is 5. The Morgan fingerprint density at radius 3 is 2.27 bits per heavy atom. The summed E-state index contributed by atoms with van der Waals surface area (Å²) in [6.07, 6.45) is 1.78. The summed E-state index contributed by atoms with van der Waals surface area (Å²) < 4.78 is 14.1. The maximum atomic E-state index is 11.3. The van der Waals surface area contributed by atoms with E-state index in [0.717, 1.165) is 38.9 Å². The van der Waals surface area contributed by atoms with Crippen LogP contribution in [0, 0.1) is 6.92 Å². The zero-order valence-electron chi connectivity index (χ0n) is 22.7. The number of rotatable bonds is 8. The van der Waals surface area contributed by atoms with E-state index >= 15 is 0 Å². The van der Waals surface area contributed by atoms with Gasteiger partial charge in [0.15, 0.2) is 0 Å².